The van der Waals surface area contributed by atoms with Crippen molar-refractivity contribution < 1.29 is 17.9 Å². The molecule has 0 bridgehead atoms. The summed E-state index contributed by atoms with van der Waals surface area (Å²) in [6.07, 6.45) is 5.35. The number of aryl methyl sites for hydroxylation is 3. The third kappa shape index (κ3) is 5.78. The van der Waals surface area contributed by atoms with E-state index in [1.165, 1.54) is 17.3 Å². The number of aromatic hydroxyl groups is 1. The Balaban J connectivity index is 1.26. The first-order valence-electron chi connectivity index (χ1n) is 14.1. The summed E-state index contributed by atoms with van der Waals surface area (Å²) in [6, 6.07) is 23.7. The topological polar surface area (TPSA) is 122 Å². The Bertz CT molecular complexity index is 1930. The summed E-state index contributed by atoms with van der Waals surface area (Å²) < 4.78 is 34.6. The molecule has 214 valence electrons. The average molecular weight is 582 g/mol. The first-order valence-corrected chi connectivity index (χ1v) is 15.6. The largest absolute Gasteiger partial charge is 0.507 e. The van der Waals surface area contributed by atoms with E-state index in [4.69, 9.17) is 4.42 Å². The van der Waals surface area contributed by atoms with E-state index >= 15 is 0 Å². The van der Waals surface area contributed by atoms with Gasteiger partial charge >= 0.3 is 5.63 Å². The smallest absolute Gasteiger partial charge is 0.343 e. The quantitative estimate of drug-likeness (QED) is 0.195. The van der Waals surface area contributed by atoms with Gasteiger partial charge in [-0.2, -0.15) is 8.42 Å². The minimum Gasteiger partial charge on any atom is -0.507 e. The molecule has 2 heterocycles. The van der Waals surface area contributed by atoms with E-state index in [-0.39, 0.29) is 22.4 Å². The number of hydrogen-bond acceptors (Lipinski definition) is 7. The van der Waals surface area contributed by atoms with E-state index in [1.54, 1.807) is 36.4 Å². The van der Waals surface area contributed by atoms with E-state index in [9.17, 15) is 18.3 Å². The Kier molecular flexibility index (Phi) is 7.51. The predicted octanol–water partition coefficient (Wildman–Crippen LogP) is 5.98. The van der Waals surface area contributed by atoms with Crippen LogP contribution in [0.15, 0.2) is 99.4 Å². The number of sulfonamides is 1. The molecular weight excluding hydrogens is 550 g/mol. The van der Waals surface area contributed by atoms with Crippen LogP contribution >= 0.6 is 0 Å². The molecule has 3 aromatic carbocycles. The first kappa shape index (κ1) is 27.7. The van der Waals surface area contributed by atoms with Gasteiger partial charge in [0.2, 0.25) is 0 Å². The number of para-hydroxylation sites is 1. The molecule has 2 N–H and O–H groups in total. The molecule has 0 spiro atoms. The summed E-state index contributed by atoms with van der Waals surface area (Å²) in [5, 5.41) is 11.5. The van der Waals surface area contributed by atoms with Crippen LogP contribution < -0.4 is 10.3 Å². The highest BCUT2D eigenvalue weighted by molar-refractivity contribution is 7.92. The van der Waals surface area contributed by atoms with Crippen molar-refractivity contribution in [2.75, 3.05) is 4.72 Å². The van der Waals surface area contributed by atoms with Gasteiger partial charge in [0.25, 0.3) is 15.2 Å². The lowest BCUT2D eigenvalue weighted by Gasteiger charge is -2.19. The molecule has 0 aliphatic heterocycles. The van der Waals surface area contributed by atoms with Gasteiger partial charge in [-0.25, -0.2) is 14.8 Å². The Labute approximate surface area is 244 Å². The highest BCUT2D eigenvalue weighted by Gasteiger charge is 2.37. The van der Waals surface area contributed by atoms with Crippen molar-refractivity contribution in [1.82, 2.24) is 9.97 Å². The number of fused-ring (bicyclic) bond motifs is 1. The Morgan fingerprint density at radius 2 is 1.74 bits per heavy atom. The van der Waals surface area contributed by atoms with Crippen molar-refractivity contribution in [1.29, 1.82) is 0 Å². The van der Waals surface area contributed by atoms with Crippen LogP contribution in [-0.4, -0.2) is 23.5 Å². The Morgan fingerprint density at radius 1 is 0.976 bits per heavy atom. The summed E-state index contributed by atoms with van der Waals surface area (Å²) in [5.41, 5.74) is 3.62. The molecule has 1 atom stereocenters. The lowest BCUT2D eigenvalue weighted by atomic mass is 9.87. The van der Waals surface area contributed by atoms with Gasteiger partial charge in [-0.15, -0.1) is 0 Å². The molecule has 1 aliphatic carbocycles. The summed E-state index contributed by atoms with van der Waals surface area (Å²) in [6.45, 7) is 2.11. The summed E-state index contributed by atoms with van der Waals surface area (Å²) in [4.78, 5) is 21.6. The summed E-state index contributed by atoms with van der Waals surface area (Å²) in [7, 11) is -4.07. The maximum absolute atomic E-state index is 13.3. The van der Waals surface area contributed by atoms with Crippen LogP contribution in [0.1, 0.15) is 53.7 Å². The first-order chi connectivity index (χ1) is 20.3. The zero-order chi connectivity index (χ0) is 29.3. The molecule has 0 radical (unpaired) electrons. The average Bonchev–Trinajstić information content (AvgIpc) is 3.83. The van der Waals surface area contributed by atoms with E-state index < -0.39 is 21.6 Å². The monoisotopic (exact) mass is 581 g/mol. The SMILES string of the molecule is CCc1ccccc1CCc1cc(O)c(C(c2cccc(NS(=O)(=O)c3ncc4ccccc4n3)c2)C2CC2)c(=O)o1. The highest BCUT2D eigenvalue weighted by atomic mass is 32.2. The van der Waals surface area contributed by atoms with Gasteiger partial charge in [0, 0.05) is 35.7 Å². The molecule has 5 aromatic rings. The lowest BCUT2D eigenvalue weighted by molar-refractivity contribution is 0.403. The fourth-order valence-electron chi connectivity index (χ4n) is 5.54. The van der Waals surface area contributed by atoms with Gasteiger partial charge in [-0.05, 0) is 66.5 Å². The number of rotatable bonds is 10. The van der Waals surface area contributed by atoms with Gasteiger partial charge in [-0.3, -0.25) is 4.72 Å². The van der Waals surface area contributed by atoms with E-state index in [2.05, 4.69) is 33.7 Å². The third-order valence-electron chi connectivity index (χ3n) is 7.77. The van der Waals surface area contributed by atoms with Gasteiger partial charge in [0.05, 0.1) is 11.1 Å². The second-order valence-electron chi connectivity index (χ2n) is 10.7. The maximum Gasteiger partial charge on any atom is 0.343 e. The molecule has 9 heteroatoms. The minimum atomic E-state index is -4.07. The normalized spacial score (nSPS) is 14.1. The van der Waals surface area contributed by atoms with Gasteiger partial charge in [0.1, 0.15) is 11.5 Å². The van der Waals surface area contributed by atoms with Crippen LogP contribution in [0.5, 0.6) is 5.75 Å². The van der Waals surface area contributed by atoms with Crippen LogP contribution in [0.25, 0.3) is 10.9 Å². The highest BCUT2D eigenvalue weighted by Crippen LogP contribution is 2.48. The van der Waals surface area contributed by atoms with Crippen molar-refractivity contribution >= 4 is 26.6 Å². The van der Waals surface area contributed by atoms with Gasteiger partial charge in [-0.1, -0.05) is 61.5 Å². The number of anilines is 1. The Morgan fingerprint density at radius 3 is 2.50 bits per heavy atom. The third-order valence-corrected chi connectivity index (χ3v) is 8.95. The van der Waals surface area contributed by atoms with Crippen molar-refractivity contribution in [3.63, 3.8) is 0 Å². The molecule has 8 nitrogen and oxygen atoms in total. The van der Waals surface area contributed by atoms with Crippen molar-refractivity contribution in [3.05, 3.63) is 123 Å². The van der Waals surface area contributed by atoms with E-state index in [1.807, 2.05) is 30.3 Å². The fourth-order valence-corrected chi connectivity index (χ4v) is 6.48. The number of aromatic nitrogens is 2. The van der Waals surface area contributed by atoms with E-state index in [0.717, 1.165) is 24.6 Å². The molecule has 1 unspecified atom stereocenters. The van der Waals surface area contributed by atoms with Crippen LogP contribution in [-0.2, 0) is 29.3 Å². The second kappa shape index (κ2) is 11.4. The van der Waals surface area contributed by atoms with Gasteiger partial charge < -0.3 is 9.52 Å². The zero-order valence-electron chi connectivity index (χ0n) is 23.2. The number of hydrogen-bond donors (Lipinski definition) is 2. The van der Waals surface area contributed by atoms with Crippen LogP contribution in [0, 0.1) is 5.92 Å². The Hall–Kier alpha value is -4.50. The molecule has 2 aromatic heterocycles. The summed E-state index contributed by atoms with van der Waals surface area (Å²) in [5.74, 6) is 0.0327. The molecule has 1 saturated carbocycles. The lowest BCUT2D eigenvalue weighted by Crippen LogP contribution is -2.18. The summed E-state index contributed by atoms with van der Waals surface area (Å²) >= 11 is 0. The van der Waals surface area contributed by atoms with E-state index in [0.29, 0.717) is 35.4 Å². The minimum absolute atomic E-state index is 0.0996. The molecule has 1 aliphatic rings. The van der Waals surface area contributed by atoms with Gasteiger partial charge in [0.15, 0.2) is 0 Å². The molecule has 6 rings (SSSR count). The van der Waals surface area contributed by atoms with Crippen molar-refractivity contribution in [2.45, 2.75) is 50.1 Å². The molecule has 42 heavy (non-hydrogen) atoms. The zero-order valence-corrected chi connectivity index (χ0v) is 24.0. The van der Waals surface area contributed by atoms with Crippen molar-refractivity contribution in [3.8, 4) is 5.75 Å². The predicted molar refractivity (Wildman–Crippen MR) is 161 cm³/mol. The van der Waals surface area contributed by atoms with Crippen molar-refractivity contribution in [2.24, 2.45) is 5.92 Å². The second-order valence-corrected chi connectivity index (χ2v) is 12.3. The fraction of sp³-hybridized carbons (Fsp3) is 0.242. The standard InChI is InChI=1S/C33H31N3O5S/c1-2-21-8-3-4-9-22(21)16-17-27-19-29(37)31(32(38)41-27)30(23-14-15-23)24-11-7-12-26(18-24)36-42(39,40)33-34-20-25-10-5-6-13-28(25)35-33/h3-13,18-20,23,30,36-37H,2,14-17H2,1H3. The molecule has 1 fully saturated rings. The molecule has 0 amide bonds. The van der Waals surface area contributed by atoms with Crippen LogP contribution in [0.4, 0.5) is 5.69 Å². The molecule has 0 saturated heterocycles. The maximum atomic E-state index is 13.3. The number of benzene rings is 3. The van der Waals surface area contributed by atoms with Crippen LogP contribution in [0.3, 0.4) is 0 Å². The number of nitrogens with one attached hydrogen (secondary N) is 1. The van der Waals surface area contributed by atoms with Crippen LogP contribution in [0.2, 0.25) is 0 Å². The molecular formula is C33H31N3O5S. The number of nitrogens with zero attached hydrogens (tertiary/aromatic N) is 2.